The van der Waals surface area contributed by atoms with E-state index in [4.69, 9.17) is 23.7 Å². The van der Waals surface area contributed by atoms with E-state index in [1.54, 1.807) is 24.3 Å². The van der Waals surface area contributed by atoms with E-state index in [0.29, 0.717) is 28.2 Å². The van der Waals surface area contributed by atoms with E-state index >= 15 is 0 Å². The lowest BCUT2D eigenvalue weighted by Crippen LogP contribution is -2.46. The molecule has 3 rings (SSSR count). The van der Waals surface area contributed by atoms with E-state index in [1.807, 2.05) is 0 Å². The molecule has 0 fully saturated rings. The highest BCUT2D eigenvalue weighted by atomic mass is 16.5. The maximum atomic E-state index is 11.6. The minimum atomic E-state index is -1.60. The van der Waals surface area contributed by atoms with E-state index in [0.717, 1.165) is 0 Å². The topological polar surface area (TPSA) is 86.6 Å². The molecule has 26 heavy (non-hydrogen) atoms. The first-order valence-electron chi connectivity index (χ1n) is 7.93. The van der Waals surface area contributed by atoms with Crippen molar-refractivity contribution in [3.05, 3.63) is 41.0 Å². The predicted octanol–water partition coefficient (Wildman–Crippen LogP) is 2.36. The highest BCUT2D eigenvalue weighted by Crippen LogP contribution is 2.62. The van der Waals surface area contributed by atoms with Crippen LogP contribution in [0.5, 0.6) is 28.7 Å². The van der Waals surface area contributed by atoms with Gasteiger partial charge in [0.05, 0.1) is 28.4 Å². The molecule has 0 aromatic heterocycles. The van der Waals surface area contributed by atoms with Crippen LogP contribution in [0.3, 0.4) is 0 Å². The second-order valence-corrected chi connectivity index (χ2v) is 5.87. The van der Waals surface area contributed by atoms with E-state index in [1.165, 1.54) is 35.5 Å². The van der Waals surface area contributed by atoms with Gasteiger partial charge in [0.25, 0.3) is 0 Å². The summed E-state index contributed by atoms with van der Waals surface area (Å²) in [6.45, 7) is 0. The standard InChI is InChI=1S/C19H22O7/c1-22-10-6-7-13(23-2)12(8-10)19(21)15-11(18(19)26-5)9-14(24-3)16(20)17(15)25-4/h6-9,18,20-21H,1-5H3/t18-,19-/m1/s1. The van der Waals surface area contributed by atoms with Gasteiger partial charge in [0.1, 0.15) is 17.6 Å². The molecule has 0 saturated carbocycles. The highest BCUT2D eigenvalue weighted by molar-refractivity contribution is 5.70. The fraction of sp³-hybridized carbons (Fsp3) is 0.368. The number of benzene rings is 2. The van der Waals surface area contributed by atoms with Gasteiger partial charge in [-0.1, -0.05) is 0 Å². The van der Waals surface area contributed by atoms with Crippen LogP contribution in [0.4, 0.5) is 0 Å². The minimum absolute atomic E-state index is 0.125. The molecule has 7 heteroatoms. The number of methoxy groups -OCH3 is 5. The Morgan fingerprint density at radius 3 is 2.12 bits per heavy atom. The molecular weight excluding hydrogens is 340 g/mol. The van der Waals surface area contributed by atoms with E-state index in [2.05, 4.69) is 0 Å². The lowest BCUT2D eigenvalue weighted by atomic mass is 9.65. The third kappa shape index (κ3) is 2.28. The number of hydrogen-bond acceptors (Lipinski definition) is 7. The van der Waals surface area contributed by atoms with Crippen LogP contribution >= 0.6 is 0 Å². The molecule has 0 heterocycles. The maximum Gasteiger partial charge on any atom is 0.201 e. The van der Waals surface area contributed by atoms with Crippen molar-refractivity contribution in [1.29, 1.82) is 0 Å². The summed E-state index contributed by atoms with van der Waals surface area (Å²) in [5.41, 5.74) is -0.0939. The fourth-order valence-corrected chi connectivity index (χ4v) is 3.56. The summed E-state index contributed by atoms with van der Waals surface area (Å²) in [6, 6.07) is 6.74. The molecule has 7 nitrogen and oxygen atoms in total. The summed E-state index contributed by atoms with van der Waals surface area (Å²) in [5, 5.41) is 22.1. The van der Waals surface area contributed by atoms with Crippen molar-refractivity contribution in [1.82, 2.24) is 0 Å². The number of fused-ring (bicyclic) bond motifs is 1. The van der Waals surface area contributed by atoms with Crippen LogP contribution in [-0.4, -0.2) is 45.8 Å². The number of phenols is 1. The number of hydrogen-bond donors (Lipinski definition) is 2. The largest absolute Gasteiger partial charge is 0.502 e. The van der Waals surface area contributed by atoms with Crippen molar-refractivity contribution in [2.24, 2.45) is 0 Å². The summed E-state index contributed by atoms with van der Waals surface area (Å²) in [5.74, 6) is 1.18. The van der Waals surface area contributed by atoms with E-state index < -0.39 is 11.7 Å². The molecule has 1 aliphatic rings. The molecule has 140 valence electrons. The van der Waals surface area contributed by atoms with Crippen LogP contribution in [0.15, 0.2) is 24.3 Å². The average Bonchev–Trinajstić information content (AvgIpc) is 2.67. The first kappa shape index (κ1) is 18.2. The maximum absolute atomic E-state index is 11.6. The van der Waals surface area contributed by atoms with Gasteiger partial charge in [0.2, 0.25) is 5.75 Å². The molecule has 0 spiro atoms. The molecule has 0 amide bonds. The zero-order chi connectivity index (χ0) is 19.1. The van der Waals surface area contributed by atoms with Gasteiger partial charge in [-0.3, -0.25) is 0 Å². The van der Waals surface area contributed by atoms with E-state index in [9.17, 15) is 10.2 Å². The molecule has 0 radical (unpaired) electrons. The molecule has 2 N–H and O–H groups in total. The molecule has 1 aliphatic carbocycles. The number of aliphatic hydroxyl groups is 1. The molecule has 2 atom stereocenters. The van der Waals surface area contributed by atoms with Gasteiger partial charge in [-0.2, -0.15) is 0 Å². The van der Waals surface area contributed by atoms with Gasteiger partial charge in [-0.15, -0.1) is 0 Å². The van der Waals surface area contributed by atoms with Crippen molar-refractivity contribution in [3.8, 4) is 28.7 Å². The monoisotopic (exact) mass is 362 g/mol. The Bertz CT molecular complexity index is 833. The Morgan fingerprint density at radius 2 is 1.58 bits per heavy atom. The Hall–Kier alpha value is -2.64. The summed E-state index contributed by atoms with van der Waals surface area (Å²) < 4.78 is 26.8. The predicted molar refractivity (Wildman–Crippen MR) is 93.5 cm³/mol. The van der Waals surface area contributed by atoms with Crippen molar-refractivity contribution in [3.63, 3.8) is 0 Å². The molecule has 0 bridgehead atoms. The van der Waals surface area contributed by atoms with Crippen molar-refractivity contribution >= 4 is 0 Å². The normalized spacial score (nSPS) is 20.8. The Kier molecular flexibility index (Phi) is 4.60. The van der Waals surface area contributed by atoms with Gasteiger partial charge in [-0.25, -0.2) is 0 Å². The summed E-state index contributed by atoms with van der Waals surface area (Å²) in [4.78, 5) is 0. The number of aromatic hydroxyl groups is 1. The van der Waals surface area contributed by atoms with Gasteiger partial charge < -0.3 is 33.9 Å². The lowest BCUT2D eigenvalue weighted by Gasteiger charge is -2.47. The molecule has 0 unspecified atom stereocenters. The van der Waals surface area contributed by atoms with Crippen LogP contribution in [-0.2, 0) is 10.3 Å². The molecule has 0 aliphatic heterocycles. The van der Waals surface area contributed by atoms with Gasteiger partial charge >= 0.3 is 0 Å². The van der Waals surface area contributed by atoms with Crippen LogP contribution in [0, 0.1) is 0 Å². The third-order valence-corrected chi connectivity index (χ3v) is 4.77. The smallest absolute Gasteiger partial charge is 0.201 e. The van der Waals surface area contributed by atoms with Gasteiger partial charge in [0, 0.05) is 18.2 Å². The second kappa shape index (κ2) is 6.59. The Morgan fingerprint density at radius 1 is 0.885 bits per heavy atom. The summed E-state index contributed by atoms with van der Waals surface area (Å²) in [7, 11) is 7.40. The lowest BCUT2D eigenvalue weighted by molar-refractivity contribution is -0.105. The first-order valence-corrected chi connectivity index (χ1v) is 7.93. The zero-order valence-electron chi connectivity index (χ0n) is 15.3. The van der Waals surface area contributed by atoms with Gasteiger partial charge in [-0.05, 0) is 29.8 Å². The zero-order valence-corrected chi connectivity index (χ0v) is 15.3. The van der Waals surface area contributed by atoms with Crippen LogP contribution in [0.25, 0.3) is 0 Å². The fourth-order valence-electron chi connectivity index (χ4n) is 3.56. The summed E-state index contributed by atoms with van der Waals surface area (Å²) >= 11 is 0. The van der Waals surface area contributed by atoms with Crippen LogP contribution in [0.2, 0.25) is 0 Å². The molecule has 0 saturated heterocycles. The number of phenolic OH excluding ortho intramolecular Hbond substituents is 1. The quantitative estimate of drug-likeness (QED) is 0.816. The van der Waals surface area contributed by atoms with Crippen molar-refractivity contribution in [2.75, 3.05) is 35.5 Å². The SMILES string of the molecule is COc1ccc(OC)c([C@@]2(O)c3c(cc(OC)c(O)c3OC)[C@H]2OC)c1. The highest BCUT2D eigenvalue weighted by Gasteiger charge is 2.57. The number of rotatable bonds is 6. The third-order valence-electron chi connectivity index (χ3n) is 4.77. The number of ether oxygens (including phenoxy) is 5. The summed E-state index contributed by atoms with van der Waals surface area (Å²) in [6.07, 6.45) is -0.707. The molecular formula is C19H22O7. The van der Waals surface area contributed by atoms with Gasteiger partial charge in [0.15, 0.2) is 17.1 Å². The first-order chi connectivity index (χ1) is 12.5. The van der Waals surface area contributed by atoms with Crippen molar-refractivity contribution in [2.45, 2.75) is 11.7 Å². The van der Waals surface area contributed by atoms with E-state index in [-0.39, 0.29) is 17.2 Å². The van der Waals surface area contributed by atoms with Crippen LogP contribution < -0.4 is 18.9 Å². The molecule has 2 aromatic rings. The minimum Gasteiger partial charge on any atom is -0.502 e. The van der Waals surface area contributed by atoms with Crippen LogP contribution in [0.1, 0.15) is 22.8 Å². The van der Waals surface area contributed by atoms with Crippen molar-refractivity contribution < 1.29 is 33.9 Å². The Labute approximate surface area is 151 Å². The average molecular weight is 362 g/mol. The molecule has 2 aromatic carbocycles. The Balaban J connectivity index is 2.31. The second-order valence-electron chi connectivity index (χ2n) is 5.87.